The second-order valence-corrected chi connectivity index (χ2v) is 4.89. The van der Waals surface area contributed by atoms with Gasteiger partial charge in [0.15, 0.2) is 0 Å². The molecule has 1 N–H and O–H groups in total. The van der Waals surface area contributed by atoms with Crippen molar-refractivity contribution in [1.29, 1.82) is 5.26 Å². The number of benzene rings is 2. The third-order valence-electron chi connectivity index (χ3n) is 2.68. The molecule has 100 valence electrons. The molecule has 4 nitrogen and oxygen atoms in total. The lowest BCUT2D eigenvalue weighted by Gasteiger charge is -2.08. The summed E-state index contributed by atoms with van der Waals surface area (Å²) in [5.41, 5.74) is 1.64. The Morgan fingerprint density at radius 1 is 1.25 bits per heavy atom. The van der Waals surface area contributed by atoms with E-state index in [1.54, 1.807) is 36.4 Å². The Morgan fingerprint density at radius 2 is 1.95 bits per heavy atom. The Kier molecular flexibility index (Phi) is 4.38. The van der Waals surface area contributed by atoms with Gasteiger partial charge in [-0.2, -0.15) is 5.26 Å². The lowest BCUT2D eigenvalue weighted by atomic mass is 10.1. The summed E-state index contributed by atoms with van der Waals surface area (Å²) in [4.78, 5) is 10.8. The highest BCUT2D eigenvalue weighted by Gasteiger charge is 2.07. The molecular weight excluding hydrogens is 322 g/mol. The highest BCUT2D eigenvalue weighted by molar-refractivity contribution is 9.10. The van der Waals surface area contributed by atoms with Gasteiger partial charge in [-0.1, -0.05) is 22.0 Å². The standard InChI is InChI=1S/C15H10BrNO3/c16-14-7-11(15(18)19)3-4-12(14)9-20-13-5-1-10(8-17)2-6-13/h1-7H,9H2,(H,18,19). The second-order valence-electron chi connectivity index (χ2n) is 4.04. The fourth-order valence-corrected chi connectivity index (χ4v) is 2.08. The van der Waals surface area contributed by atoms with Crippen LogP contribution in [-0.4, -0.2) is 11.1 Å². The van der Waals surface area contributed by atoms with Crippen molar-refractivity contribution in [1.82, 2.24) is 0 Å². The summed E-state index contributed by atoms with van der Waals surface area (Å²) < 4.78 is 6.27. The second kappa shape index (κ2) is 6.22. The molecule has 2 aromatic carbocycles. The average molecular weight is 332 g/mol. The van der Waals surface area contributed by atoms with Crippen molar-refractivity contribution in [3.05, 3.63) is 63.6 Å². The zero-order valence-electron chi connectivity index (χ0n) is 10.3. The van der Waals surface area contributed by atoms with E-state index in [0.717, 1.165) is 5.56 Å². The van der Waals surface area contributed by atoms with Crippen LogP contribution in [0.1, 0.15) is 21.5 Å². The van der Waals surface area contributed by atoms with Crippen LogP contribution in [0, 0.1) is 11.3 Å². The number of carboxylic acid groups (broad SMARTS) is 1. The van der Waals surface area contributed by atoms with Gasteiger partial charge in [-0.15, -0.1) is 0 Å². The molecule has 2 aromatic rings. The third-order valence-corrected chi connectivity index (χ3v) is 3.42. The van der Waals surface area contributed by atoms with E-state index in [4.69, 9.17) is 15.1 Å². The van der Waals surface area contributed by atoms with Gasteiger partial charge in [0.25, 0.3) is 0 Å². The van der Waals surface area contributed by atoms with Crippen LogP contribution < -0.4 is 4.74 Å². The predicted octanol–water partition coefficient (Wildman–Crippen LogP) is 3.60. The quantitative estimate of drug-likeness (QED) is 0.929. The largest absolute Gasteiger partial charge is 0.489 e. The number of hydrogen-bond donors (Lipinski definition) is 1. The Morgan fingerprint density at radius 3 is 2.50 bits per heavy atom. The Bertz CT molecular complexity index is 675. The van der Waals surface area contributed by atoms with Crippen LogP contribution >= 0.6 is 15.9 Å². The Hall–Kier alpha value is -2.32. The molecule has 0 aliphatic heterocycles. The molecule has 0 radical (unpaired) electrons. The molecule has 0 aromatic heterocycles. The van der Waals surface area contributed by atoms with Gasteiger partial charge in [0.2, 0.25) is 0 Å². The molecule has 0 spiro atoms. The summed E-state index contributed by atoms with van der Waals surface area (Å²) in [7, 11) is 0. The predicted molar refractivity (Wildman–Crippen MR) is 76.6 cm³/mol. The molecule has 0 saturated heterocycles. The molecule has 0 amide bonds. The molecule has 0 bridgehead atoms. The molecule has 2 rings (SSSR count). The number of aromatic carboxylic acids is 1. The summed E-state index contributed by atoms with van der Waals surface area (Å²) in [5.74, 6) is -0.316. The van der Waals surface area contributed by atoms with Crippen LogP contribution in [0.3, 0.4) is 0 Å². The smallest absolute Gasteiger partial charge is 0.335 e. The maximum absolute atomic E-state index is 10.8. The summed E-state index contributed by atoms with van der Waals surface area (Å²) >= 11 is 3.33. The van der Waals surface area contributed by atoms with Crippen molar-refractivity contribution in [2.45, 2.75) is 6.61 Å². The average Bonchev–Trinajstić information content (AvgIpc) is 2.46. The lowest BCUT2D eigenvalue weighted by Crippen LogP contribution is -2.00. The van der Waals surface area contributed by atoms with E-state index in [1.165, 1.54) is 6.07 Å². The first-order valence-corrected chi connectivity index (χ1v) is 6.54. The maximum Gasteiger partial charge on any atom is 0.335 e. The monoisotopic (exact) mass is 331 g/mol. The van der Waals surface area contributed by atoms with Crippen LogP contribution in [0.5, 0.6) is 5.75 Å². The topological polar surface area (TPSA) is 70.3 Å². The zero-order valence-corrected chi connectivity index (χ0v) is 11.9. The van der Waals surface area contributed by atoms with Gasteiger partial charge in [-0.05, 0) is 36.4 Å². The van der Waals surface area contributed by atoms with E-state index in [9.17, 15) is 4.79 Å². The van der Waals surface area contributed by atoms with Crippen molar-refractivity contribution in [2.75, 3.05) is 0 Å². The number of nitrogens with zero attached hydrogens (tertiary/aromatic N) is 1. The Labute approximate surface area is 124 Å². The van der Waals surface area contributed by atoms with E-state index in [2.05, 4.69) is 15.9 Å². The number of nitriles is 1. The molecule has 0 aliphatic rings. The molecule has 0 aliphatic carbocycles. The number of carbonyl (C=O) groups is 1. The van der Waals surface area contributed by atoms with Crippen LogP contribution in [0.15, 0.2) is 46.9 Å². The minimum absolute atomic E-state index is 0.221. The lowest BCUT2D eigenvalue weighted by molar-refractivity contribution is 0.0696. The number of carboxylic acids is 1. The van der Waals surface area contributed by atoms with Gasteiger partial charge >= 0.3 is 5.97 Å². The highest BCUT2D eigenvalue weighted by Crippen LogP contribution is 2.21. The third kappa shape index (κ3) is 3.37. The van der Waals surface area contributed by atoms with E-state index in [1.807, 2.05) is 6.07 Å². The molecule has 0 unspecified atom stereocenters. The SMILES string of the molecule is N#Cc1ccc(OCc2ccc(C(=O)O)cc2Br)cc1. The molecule has 0 fully saturated rings. The number of ether oxygens (including phenoxy) is 1. The first-order chi connectivity index (χ1) is 9.60. The summed E-state index contributed by atoms with van der Waals surface area (Å²) in [5, 5.41) is 17.6. The molecule has 0 saturated carbocycles. The number of hydrogen-bond acceptors (Lipinski definition) is 3. The first kappa shape index (κ1) is 14.1. The first-order valence-electron chi connectivity index (χ1n) is 5.75. The van der Waals surface area contributed by atoms with Crippen LogP contribution in [0.2, 0.25) is 0 Å². The zero-order chi connectivity index (χ0) is 14.5. The van der Waals surface area contributed by atoms with E-state index in [-0.39, 0.29) is 5.56 Å². The van der Waals surface area contributed by atoms with Crippen LogP contribution in [-0.2, 0) is 6.61 Å². The molecular formula is C15H10BrNO3. The van der Waals surface area contributed by atoms with E-state index in [0.29, 0.717) is 22.4 Å². The molecule has 5 heteroatoms. The van der Waals surface area contributed by atoms with Crippen molar-refractivity contribution >= 4 is 21.9 Å². The van der Waals surface area contributed by atoms with Crippen molar-refractivity contribution < 1.29 is 14.6 Å². The van der Waals surface area contributed by atoms with Crippen molar-refractivity contribution in [2.24, 2.45) is 0 Å². The number of halogens is 1. The van der Waals surface area contributed by atoms with E-state index < -0.39 is 5.97 Å². The van der Waals surface area contributed by atoms with Gasteiger partial charge < -0.3 is 9.84 Å². The fourth-order valence-electron chi connectivity index (χ4n) is 1.58. The minimum Gasteiger partial charge on any atom is -0.489 e. The minimum atomic E-state index is -0.967. The fraction of sp³-hybridized carbons (Fsp3) is 0.0667. The summed E-state index contributed by atoms with van der Waals surface area (Å²) in [6.45, 7) is 0.312. The van der Waals surface area contributed by atoms with Crippen molar-refractivity contribution in [3.8, 4) is 11.8 Å². The normalized spacial score (nSPS) is 9.80. The van der Waals surface area contributed by atoms with Crippen LogP contribution in [0.25, 0.3) is 0 Å². The highest BCUT2D eigenvalue weighted by atomic mass is 79.9. The summed E-state index contributed by atoms with van der Waals surface area (Å²) in [6, 6.07) is 13.6. The van der Waals surface area contributed by atoms with Gasteiger partial charge in [0, 0.05) is 10.0 Å². The van der Waals surface area contributed by atoms with Crippen molar-refractivity contribution in [3.63, 3.8) is 0 Å². The van der Waals surface area contributed by atoms with E-state index >= 15 is 0 Å². The maximum atomic E-state index is 10.8. The molecule has 20 heavy (non-hydrogen) atoms. The Balaban J connectivity index is 2.07. The molecule has 0 heterocycles. The number of rotatable bonds is 4. The van der Waals surface area contributed by atoms with Gasteiger partial charge in [0.05, 0.1) is 17.2 Å². The van der Waals surface area contributed by atoms with Gasteiger partial charge in [-0.25, -0.2) is 4.79 Å². The van der Waals surface area contributed by atoms with Gasteiger partial charge in [0.1, 0.15) is 12.4 Å². The molecule has 0 atom stereocenters. The van der Waals surface area contributed by atoms with Gasteiger partial charge in [-0.3, -0.25) is 0 Å². The summed E-state index contributed by atoms with van der Waals surface area (Å²) in [6.07, 6.45) is 0. The van der Waals surface area contributed by atoms with Crippen LogP contribution in [0.4, 0.5) is 0 Å².